The van der Waals surface area contributed by atoms with Crippen LogP contribution in [0.4, 0.5) is 0 Å². The van der Waals surface area contributed by atoms with Crippen LogP contribution in [0.5, 0.6) is 11.5 Å². The van der Waals surface area contributed by atoms with Gasteiger partial charge in [-0.25, -0.2) is 9.78 Å². The van der Waals surface area contributed by atoms with Crippen molar-refractivity contribution >= 4 is 66.5 Å². The molecular weight excluding hydrogens is 582 g/mol. The zero-order chi connectivity index (χ0) is 24.3. The molecule has 11 heteroatoms. The molecule has 3 rings (SSSR count). The van der Waals surface area contributed by atoms with Crippen LogP contribution in [-0.2, 0) is 4.79 Å². The molecule has 0 saturated heterocycles. The summed E-state index contributed by atoms with van der Waals surface area (Å²) in [4.78, 5) is 28.8. The van der Waals surface area contributed by atoms with Gasteiger partial charge in [0.1, 0.15) is 10.8 Å². The molecule has 1 atom stereocenters. The molecule has 33 heavy (non-hydrogen) atoms. The number of hydrogen-bond donors (Lipinski definition) is 1. The fraction of sp³-hybridized carbons (Fsp3) is 0.273. The van der Waals surface area contributed by atoms with Crippen LogP contribution in [0, 0.1) is 0 Å². The Morgan fingerprint density at radius 1 is 1.36 bits per heavy atom. The first-order valence-electron chi connectivity index (χ1n) is 9.85. The number of aliphatic carboxylic acids is 1. The second kappa shape index (κ2) is 10.7. The van der Waals surface area contributed by atoms with Gasteiger partial charge in [0.15, 0.2) is 18.1 Å². The monoisotopic (exact) mass is 599 g/mol. The highest BCUT2D eigenvalue weighted by molar-refractivity contribution is 9.10. The van der Waals surface area contributed by atoms with Crippen molar-refractivity contribution in [3.05, 3.63) is 60.0 Å². The minimum Gasteiger partial charge on any atom is -0.493 e. The lowest BCUT2D eigenvalue weighted by Crippen LogP contribution is -2.23. The van der Waals surface area contributed by atoms with Crippen LogP contribution >= 0.6 is 43.5 Å². The van der Waals surface area contributed by atoms with Crippen LogP contribution in [0.2, 0.25) is 5.02 Å². The van der Waals surface area contributed by atoms with Crippen LogP contribution in [0.15, 0.2) is 43.1 Å². The fourth-order valence-corrected chi connectivity index (χ4v) is 4.03. The number of carbonyl (C=O) groups is 1. The van der Waals surface area contributed by atoms with E-state index < -0.39 is 12.6 Å². The van der Waals surface area contributed by atoms with E-state index in [0.29, 0.717) is 26.8 Å². The Hall–Kier alpha value is -2.43. The number of carboxylic acids is 1. The zero-order valence-electron chi connectivity index (χ0n) is 17.9. The van der Waals surface area contributed by atoms with Gasteiger partial charge in [0, 0.05) is 20.4 Å². The smallest absolute Gasteiger partial charge is 0.341 e. The van der Waals surface area contributed by atoms with Gasteiger partial charge >= 0.3 is 5.97 Å². The quantitative estimate of drug-likeness (QED) is 0.345. The molecule has 0 fully saturated rings. The van der Waals surface area contributed by atoms with Gasteiger partial charge in [-0.2, -0.15) is 9.78 Å². The summed E-state index contributed by atoms with van der Waals surface area (Å²) < 4.78 is 13.0. The van der Waals surface area contributed by atoms with Gasteiger partial charge in [-0.1, -0.05) is 41.4 Å². The molecule has 1 N–H and O–H groups in total. The third-order valence-corrected chi connectivity index (χ3v) is 6.85. The van der Waals surface area contributed by atoms with E-state index in [-0.39, 0.29) is 28.0 Å². The number of aromatic nitrogens is 2. The van der Waals surface area contributed by atoms with Crippen molar-refractivity contribution in [2.24, 2.45) is 5.10 Å². The number of carboxylic acid groups (broad SMARTS) is 1. The number of benzene rings is 2. The second-order valence-electron chi connectivity index (χ2n) is 7.11. The molecule has 3 aromatic rings. The molecular formula is C22H20Br2ClN3O5. The van der Waals surface area contributed by atoms with E-state index in [9.17, 15) is 9.59 Å². The van der Waals surface area contributed by atoms with Crippen LogP contribution in [-0.4, -0.2) is 40.7 Å². The molecule has 1 aromatic heterocycles. The van der Waals surface area contributed by atoms with Crippen molar-refractivity contribution in [3.63, 3.8) is 0 Å². The minimum absolute atomic E-state index is 0.0174. The molecule has 0 aliphatic rings. The van der Waals surface area contributed by atoms with Gasteiger partial charge in [-0.3, -0.25) is 4.79 Å². The van der Waals surface area contributed by atoms with Crippen LogP contribution in [0.25, 0.3) is 10.9 Å². The van der Waals surface area contributed by atoms with E-state index in [1.165, 1.54) is 18.0 Å². The standard InChI is InChI=1S/C22H20Br2ClN3O5/c1-4-11(2)21-27-15-6-5-13(23)8-14(15)22(31)28(21)26-9-12-7-16(32-3)20(19(25)18(12)24)33-10-17(29)30/h5-9,11H,4,10H2,1-3H3,(H,29,30)/t11-/m0/s1. The summed E-state index contributed by atoms with van der Waals surface area (Å²) in [7, 11) is 1.41. The highest BCUT2D eigenvalue weighted by atomic mass is 79.9. The Bertz CT molecular complexity index is 1310. The number of hydrogen-bond acceptors (Lipinski definition) is 6. The van der Waals surface area contributed by atoms with Crippen LogP contribution in [0.1, 0.15) is 37.6 Å². The van der Waals surface area contributed by atoms with Crippen molar-refractivity contribution in [1.29, 1.82) is 0 Å². The predicted molar refractivity (Wildman–Crippen MR) is 134 cm³/mol. The van der Waals surface area contributed by atoms with Gasteiger partial charge in [-0.05, 0) is 46.6 Å². The maximum Gasteiger partial charge on any atom is 0.341 e. The van der Waals surface area contributed by atoms with E-state index in [1.54, 1.807) is 18.2 Å². The van der Waals surface area contributed by atoms with Crippen LogP contribution < -0.4 is 15.0 Å². The lowest BCUT2D eigenvalue weighted by Gasteiger charge is -2.15. The van der Waals surface area contributed by atoms with Gasteiger partial charge in [0.25, 0.3) is 5.56 Å². The Balaban J connectivity index is 2.15. The maximum atomic E-state index is 13.3. The van der Waals surface area contributed by atoms with Crippen LogP contribution in [0.3, 0.4) is 0 Å². The molecule has 0 aliphatic carbocycles. The third-order valence-electron chi connectivity index (χ3n) is 4.91. The largest absolute Gasteiger partial charge is 0.493 e. The van der Waals surface area contributed by atoms with Gasteiger partial charge in [0.2, 0.25) is 0 Å². The lowest BCUT2D eigenvalue weighted by molar-refractivity contribution is -0.139. The number of fused-ring (bicyclic) bond motifs is 1. The Kier molecular flexibility index (Phi) is 8.14. The summed E-state index contributed by atoms with van der Waals surface area (Å²) >= 11 is 13.2. The summed E-state index contributed by atoms with van der Waals surface area (Å²) in [5.41, 5.74) is 0.787. The highest BCUT2D eigenvalue weighted by Gasteiger charge is 2.19. The van der Waals surface area contributed by atoms with Crippen molar-refractivity contribution in [3.8, 4) is 11.5 Å². The van der Waals surface area contributed by atoms with Crippen molar-refractivity contribution in [2.45, 2.75) is 26.2 Å². The lowest BCUT2D eigenvalue weighted by atomic mass is 10.1. The number of methoxy groups -OCH3 is 1. The summed E-state index contributed by atoms with van der Waals surface area (Å²) in [6.07, 6.45) is 2.22. The number of nitrogens with zero attached hydrogens (tertiary/aromatic N) is 3. The fourth-order valence-electron chi connectivity index (χ4n) is 3.02. The number of halogens is 3. The molecule has 8 nitrogen and oxygen atoms in total. The van der Waals surface area contributed by atoms with E-state index in [1.807, 2.05) is 19.9 Å². The molecule has 1 heterocycles. The average molecular weight is 602 g/mol. The van der Waals surface area contributed by atoms with E-state index in [0.717, 1.165) is 10.9 Å². The molecule has 0 radical (unpaired) electrons. The normalized spacial score (nSPS) is 12.3. The second-order valence-corrected chi connectivity index (χ2v) is 9.20. The summed E-state index contributed by atoms with van der Waals surface area (Å²) in [6.45, 7) is 3.40. The summed E-state index contributed by atoms with van der Waals surface area (Å²) in [5, 5.41) is 13.9. The van der Waals surface area contributed by atoms with Gasteiger partial charge in [0.05, 0.1) is 24.2 Å². The zero-order valence-corrected chi connectivity index (χ0v) is 21.9. The van der Waals surface area contributed by atoms with E-state index >= 15 is 0 Å². The Morgan fingerprint density at radius 3 is 2.73 bits per heavy atom. The predicted octanol–water partition coefficient (Wildman–Crippen LogP) is 5.44. The molecule has 0 amide bonds. The molecule has 2 aromatic carbocycles. The SMILES string of the molecule is CC[C@H](C)c1nc2ccc(Br)cc2c(=O)n1N=Cc1cc(OC)c(OCC(=O)O)c(Cl)c1Br. The first-order valence-corrected chi connectivity index (χ1v) is 11.8. The molecule has 174 valence electrons. The van der Waals surface area contributed by atoms with Crippen molar-refractivity contribution < 1.29 is 19.4 Å². The highest BCUT2D eigenvalue weighted by Crippen LogP contribution is 2.42. The Labute approximate surface area is 211 Å². The minimum atomic E-state index is -1.15. The number of ether oxygens (including phenoxy) is 2. The van der Waals surface area contributed by atoms with E-state index in [2.05, 4.69) is 41.9 Å². The van der Waals surface area contributed by atoms with Crippen molar-refractivity contribution in [2.75, 3.05) is 13.7 Å². The number of rotatable bonds is 8. The molecule has 0 aliphatic heterocycles. The van der Waals surface area contributed by atoms with Gasteiger partial charge < -0.3 is 14.6 Å². The summed E-state index contributed by atoms with van der Waals surface area (Å²) in [6, 6.07) is 6.91. The molecule has 0 spiro atoms. The van der Waals surface area contributed by atoms with Gasteiger partial charge in [-0.15, -0.1) is 0 Å². The maximum absolute atomic E-state index is 13.3. The topological polar surface area (TPSA) is 103 Å². The third kappa shape index (κ3) is 5.39. The molecule has 0 saturated carbocycles. The first-order chi connectivity index (χ1) is 15.7. The summed E-state index contributed by atoms with van der Waals surface area (Å²) in [5.74, 6) is -0.330. The average Bonchev–Trinajstić information content (AvgIpc) is 2.79. The van der Waals surface area contributed by atoms with E-state index in [4.69, 9.17) is 26.2 Å². The first kappa shape index (κ1) is 25.2. The Morgan fingerprint density at radius 2 is 2.09 bits per heavy atom. The molecule has 0 unspecified atom stereocenters. The van der Waals surface area contributed by atoms with Crippen molar-refractivity contribution in [1.82, 2.24) is 9.66 Å². The molecule has 0 bridgehead atoms.